The monoisotopic (exact) mass is 273 g/mol. The minimum absolute atomic E-state index is 0.0532. The van der Waals surface area contributed by atoms with Crippen LogP contribution in [0, 0.1) is 6.92 Å². The number of carbonyl (C=O) groups is 1. The molecule has 6 nitrogen and oxygen atoms in total. The average molecular weight is 273 g/mol. The predicted molar refractivity (Wildman–Crippen MR) is 73.7 cm³/mol. The Morgan fingerprint density at radius 2 is 2.10 bits per heavy atom. The number of aryl methyl sites for hydroxylation is 2. The van der Waals surface area contributed by atoms with Gasteiger partial charge in [-0.25, -0.2) is 9.97 Å². The molecule has 20 heavy (non-hydrogen) atoms. The van der Waals surface area contributed by atoms with Gasteiger partial charge in [-0.1, -0.05) is 18.2 Å². The van der Waals surface area contributed by atoms with Crippen molar-refractivity contribution in [1.29, 1.82) is 0 Å². The van der Waals surface area contributed by atoms with Crippen LogP contribution in [0.5, 0.6) is 11.5 Å². The molecule has 0 unspecified atom stereocenters. The highest BCUT2D eigenvalue weighted by Crippen LogP contribution is 2.27. The first-order valence-corrected chi connectivity index (χ1v) is 6.13. The topological polar surface area (TPSA) is 98.3 Å². The molecule has 1 heterocycles. The Morgan fingerprint density at radius 3 is 2.80 bits per heavy atom. The fourth-order valence-corrected chi connectivity index (χ4v) is 1.74. The molecule has 0 bridgehead atoms. The van der Waals surface area contributed by atoms with E-state index in [0.29, 0.717) is 23.6 Å². The number of nitrogen functional groups attached to an aromatic ring is 1. The van der Waals surface area contributed by atoms with Crippen LogP contribution < -0.4 is 10.5 Å². The van der Waals surface area contributed by atoms with Crippen molar-refractivity contribution in [3.63, 3.8) is 0 Å². The number of carboxylic acid groups (broad SMARTS) is 1. The second kappa shape index (κ2) is 6.01. The summed E-state index contributed by atoms with van der Waals surface area (Å²) in [6.45, 7) is 1.77. The van der Waals surface area contributed by atoms with E-state index in [4.69, 9.17) is 15.6 Å². The van der Waals surface area contributed by atoms with E-state index >= 15 is 0 Å². The van der Waals surface area contributed by atoms with Crippen LogP contribution >= 0.6 is 0 Å². The lowest BCUT2D eigenvalue weighted by Crippen LogP contribution is -2.01. The summed E-state index contributed by atoms with van der Waals surface area (Å²) in [7, 11) is 0. The van der Waals surface area contributed by atoms with Crippen LogP contribution in [0.25, 0.3) is 0 Å². The number of hydrogen-bond acceptors (Lipinski definition) is 5. The van der Waals surface area contributed by atoms with E-state index in [-0.39, 0.29) is 12.4 Å². The maximum atomic E-state index is 10.7. The number of nitrogens with zero attached hydrogens (tertiary/aromatic N) is 2. The Hall–Kier alpha value is -2.63. The van der Waals surface area contributed by atoms with E-state index in [1.54, 1.807) is 13.0 Å². The van der Waals surface area contributed by atoms with Crippen LogP contribution in [0.3, 0.4) is 0 Å². The molecule has 6 heteroatoms. The van der Waals surface area contributed by atoms with Crippen LogP contribution in [0.4, 0.5) is 5.95 Å². The third-order valence-corrected chi connectivity index (χ3v) is 2.75. The summed E-state index contributed by atoms with van der Waals surface area (Å²) in [5.41, 5.74) is 6.94. The highest BCUT2D eigenvalue weighted by molar-refractivity contribution is 5.67. The van der Waals surface area contributed by atoms with Crippen LogP contribution in [0.15, 0.2) is 30.5 Å². The van der Waals surface area contributed by atoms with Gasteiger partial charge in [0.05, 0.1) is 11.9 Å². The summed E-state index contributed by atoms with van der Waals surface area (Å²) in [5, 5.41) is 8.76. The van der Waals surface area contributed by atoms with Gasteiger partial charge in [0.2, 0.25) is 5.95 Å². The highest BCUT2D eigenvalue weighted by atomic mass is 16.5. The van der Waals surface area contributed by atoms with E-state index in [1.165, 1.54) is 6.20 Å². The van der Waals surface area contributed by atoms with Crippen molar-refractivity contribution >= 4 is 11.9 Å². The summed E-state index contributed by atoms with van der Waals surface area (Å²) in [6.07, 6.45) is 1.96. The Bertz CT molecular complexity index is 629. The van der Waals surface area contributed by atoms with Crippen molar-refractivity contribution in [2.75, 3.05) is 5.73 Å². The molecule has 1 aromatic carbocycles. The standard InChI is InChI=1S/C14H15N3O3/c1-9-12(8-16-14(15)17-9)20-11-5-3-2-4-10(11)6-7-13(18)19/h2-5,8H,6-7H2,1H3,(H,18,19)(H2,15,16,17). The molecule has 0 spiro atoms. The van der Waals surface area contributed by atoms with E-state index in [2.05, 4.69) is 9.97 Å². The van der Waals surface area contributed by atoms with Gasteiger partial charge in [-0.05, 0) is 25.0 Å². The maximum absolute atomic E-state index is 10.7. The zero-order valence-corrected chi connectivity index (χ0v) is 11.0. The molecular weight excluding hydrogens is 258 g/mol. The van der Waals surface area contributed by atoms with Crippen LogP contribution in [0.1, 0.15) is 17.7 Å². The SMILES string of the molecule is Cc1nc(N)ncc1Oc1ccccc1CCC(=O)O. The second-order valence-electron chi connectivity index (χ2n) is 4.28. The lowest BCUT2D eigenvalue weighted by molar-refractivity contribution is -0.136. The molecule has 104 valence electrons. The van der Waals surface area contributed by atoms with Crippen molar-refractivity contribution < 1.29 is 14.6 Å². The quantitative estimate of drug-likeness (QED) is 0.866. The maximum Gasteiger partial charge on any atom is 0.303 e. The molecule has 0 aliphatic carbocycles. The third-order valence-electron chi connectivity index (χ3n) is 2.75. The number of benzene rings is 1. The number of hydrogen-bond donors (Lipinski definition) is 2. The van der Waals surface area contributed by atoms with Gasteiger partial charge in [0.15, 0.2) is 5.75 Å². The Kier molecular flexibility index (Phi) is 4.14. The van der Waals surface area contributed by atoms with Gasteiger partial charge >= 0.3 is 5.97 Å². The molecular formula is C14H15N3O3. The molecule has 1 aromatic heterocycles. The number of nitrogens with two attached hydrogens (primary N) is 1. The van der Waals surface area contributed by atoms with Gasteiger partial charge in [-0.3, -0.25) is 4.79 Å². The number of para-hydroxylation sites is 1. The van der Waals surface area contributed by atoms with Crippen LogP contribution in [-0.4, -0.2) is 21.0 Å². The Morgan fingerprint density at radius 1 is 1.35 bits per heavy atom. The first kappa shape index (κ1) is 13.8. The lowest BCUT2D eigenvalue weighted by atomic mass is 10.1. The normalized spacial score (nSPS) is 10.2. The molecule has 3 N–H and O–H groups in total. The zero-order valence-electron chi connectivity index (χ0n) is 11.0. The summed E-state index contributed by atoms with van der Waals surface area (Å²) in [6, 6.07) is 7.29. The van der Waals surface area contributed by atoms with Gasteiger partial charge in [0, 0.05) is 6.42 Å². The van der Waals surface area contributed by atoms with Gasteiger partial charge in [-0.2, -0.15) is 0 Å². The zero-order chi connectivity index (χ0) is 14.5. The molecule has 0 aliphatic rings. The van der Waals surface area contributed by atoms with Gasteiger partial charge < -0.3 is 15.6 Å². The van der Waals surface area contributed by atoms with Crippen molar-refractivity contribution in [2.24, 2.45) is 0 Å². The van der Waals surface area contributed by atoms with Crippen molar-refractivity contribution in [3.8, 4) is 11.5 Å². The van der Waals surface area contributed by atoms with Crippen molar-refractivity contribution in [1.82, 2.24) is 9.97 Å². The minimum atomic E-state index is -0.841. The highest BCUT2D eigenvalue weighted by Gasteiger charge is 2.09. The molecule has 0 amide bonds. The third kappa shape index (κ3) is 3.44. The number of rotatable bonds is 5. The van der Waals surface area contributed by atoms with Crippen molar-refractivity contribution in [3.05, 3.63) is 41.7 Å². The van der Waals surface area contributed by atoms with Gasteiger partial charge in [-0.15, -0.1) is 0 Å². The first-order chi connectivity index (χ1) is 9.56. The molecule has 2 aromatic rings. The summed E-state index contributed by atoms with van der Waals surface area (Å²) < 4.78 is 5.75. The number of aliphatic carboxylic acids is 1. The summed E-state index contributed by atoms with van der Waals surface area (Å²) in [4.78, 5) is 18.6. The van der Waals surface area contributed by atoms with E-state index in [0.717, 1.165) is 5.56 Å². The van der Waals surface area contributed by atoms with Gasteiger partial charge in [0.1, 0.15) is 5.75 Å². The lowest BCUT2D eigenvalue weighted by Gasteiger charge is -2.11. The average Bonchev–Trinajstić information content (AvgIpc) is 2.41. The second-order valence-corrected chi connectivity index (χ2v) is 4.28. The Labute approximate surface area is 116 Å². The van der Waals surface area contributed by atoms with Crippen LogP contribution in [0.2, 0.25) is 0 Å². The van der Waals surface area contributed by atoms with Crippen molar-refractivity contribution in [2.45, 2.75) is 19.8 Å². The van der Waals surface area contributed by atoms with E-state index in [1.807, 2.05) is 18.2 Å². The van der Waals surface area contributed by atoms with E-state index < -0.39 is 5.97 Å². The van der Waals surface area contributed by atoms with Gasteiger partial charge in [0.25, 0.3) is 0 Å². The number of carboxylic acids is 1. The van der Waals surface area contributed by atoms with E-state index in [9.17, 15) is 4.79 Å². The smallest absolute Gasteiger partial charge is 0.303 e. The summed E-state index contributed by atoms with van der Waals surface area (Å²) in [5.74, 6) is 0.452. The first-order valence-electron chi connectivity index (χ1n) is 6.13. The molecule has 0 aliphatic heterocycles. The molecule has 0 atom stereocenters. The number of anilines is 1. The predicted octanol–water partition coefficient (Wildman–Crippen LogP) is 2.18. The largest absolute Gasteiger partial charge is 0.481 e. The molecule has 0 radical (unpaired) electrons. The number of aromatic nitrogens is 2. The fraction of sp³-hybridized carbons (Fsp3) is 0.214. The van der Waals surface area contributed by atoms with Crippen LogP contribution in [-0.2, 0) is 11.2 Å². The fourth-order valence-electron chi connectivity index (χ4n) is 1.74. The minimum Gasteiger partial charge on any atom is -0.481 e. The molecule has 0 saturated carbocycles. The molecule has 0 fully saturated rings. The molecule has 0 saturated heterocycles. The number of ether oxygens (including phenoxy) is 1. The Balaban J connectivity index is 2.22. The molecule has 2 rings (SSSR count). The summed E-state index contributed by atoms with van der Waals surface area (Å²) >= 11 is 0.